The third kappa shape index (κ3) is 1.97. The largest absolute Gasteiger partial charge is 0.327 e. The van der Waals surface area contributed by atoms with Gasteiger partial charge in [-0.2, -0.15) is 0 Å². The summed E-state index contributed by atoms with van der Waals surface area (Å²) >= 11 is 0. The van der Waals surface area contributed by atoms with E-state index in [9.17, 15) is 4.79 Å². The highest BCUT2D eigenvalue weighted by Crippen LogP contribution is 2.25. The zero-order valence-corrected chi connectivity index (χ0v) is 10.1. The molecule has 0 aliphatic heterocycles. The van der Waals surface area contributed by atoms with Gasteiger partial charge in [0.1, 0.15) is 0 Å². The monoisotopic (exact) mass is 217 g/mol. The van der Waals surface area contributed by atoms with Crippen molar-refractivity contribution in [2.75, 3.05) is 0 Å². The number of nitrogens with zero attached hydrogens (tertiary/aromatic N) is 1. The minimum Gasteiger partial charge on any atom is -0.327 e. The van der Waals surface area contributed by atoms with Crippen LogP contribution in [-0.4, -0.2) is 10.4 Å². The fourth-order valence-corrected chi connectivity index (χ4v) is 2.27. The van der Waals surface area contributed by atoms with Crippen LogP contribution >= 0.6 is 0 Å². The average Bonchev–Trinajstić information content (AvgIpc) is 2.95. The molecule has 2 nitrogen and oxygen atoms in total. The highest BCUT2D eigenvalue weighted by atomic mass is 16.1. The molecule has 1 aromatic rings. The van der Waals surface area contributed by atoms with Gasteiger partial charge in [-0.3, -0.25) is 4.79 Å². The summed E-state index contributed by atoms with van der Waals surface area (Å²) in [5.41, 5.74) is 3.45. The van der Waals surface area contributed by atoms with Crippen molar-refractivity contribution >= 4 is 11.5 Å². The van der Waals surface area contributed by atoms with Gasteiger partial charge in [0.15, 0.2) is 5.78 Å². The number of carbonyl (C=O) groups excluding carboxylic acids is 1. The van der Waals surface area contributed by atoms with Gasteiger partial charge >= 0.3 is 0 Å². The standard InChI is InChI=1S/C14H19NO/c1-3-11-9-15(12-7-5-6-8-12)10-13(11)14(16)4-2/h7,9-10H,3-6,8H2,1-2H3. The molecule has 0 atom stereocenters. The Morgan fingerprint density at radius 2 is 2.19 bits per heavy atom. The van der Waals surface area contributed by atoms with Gasteiger partial charge in [-0.05, 0) is 31.2 Å². The maximum absolute atomic E-state index is 11.8. The summed E-state index contributed by atoms with van der Waals surface area (Å²) in [5.74, 6) is 0.259. The van der Waals surface area contributed by atoms with Gasteiger partial charge in [0.2, 0.25) is 0 Å². The van der Waals surface area contributed by atoms with Crippen molar-refractivity contribution in [2.45, 2.75) is 46.0 Å². The van der Waals surface area contributed by atoms with Crippen molar-refractivity contribution in [3.05, 3.63) is 29.6 Å². The Balaban J connectivity index is 2.35. The lowest BCUT2D eigenvalue weighted by molar-refractivity contribution is 0.0987. The Morgan fingerprint density at radius 1 is 1.38 bits per heavy atom. The van der Waals surface area contributed by atoms with Crippen LogP contribution in [0.4, 0.5) is 0 Å². The first-order valence-corrected chi connectivity index (χ1v) is 6.19. The number of carbonyl (C=O) groups is 1. The minimum absolute atomic E-state index is 0.259. The van der Waals surface area contributed by atoms with Gasteiger partial charge in [-0.15, -0.1) is 0 Å². The third-order valence-electron chi connectivity index (χ3n) is 3.26. The van der Waals surface area contributed by atoms with Gasteiger partial charge in [-0.25, -0.2) is 0 Å². The highest BCUT2D eigenvalue weighted by molar-refractivity contribution is 5.97. The summed E-state index contributed by atoms with van der Waals surface area (Å²) in [6.07, 6.45) is 11.5. The Kier molecular flexibility index (Phi) is 3.28. The molecule has 0 aromatic carbocycles. The molecule has 0 bridgehead atoms. The molecule has 0 saturated heterocycles. The van der Waals surface area contributed by atoms with Crippen molar-refractivity contribution in [1.29, 1.82) is 0 Å². The number of aryl methyl sites for hydroxylation is 1. The van der Waals surface area contributed by atoms with Gasteiger partial charge < -0.3 is 4.57 Å². The van der Waals surface area contributed by atoms with Crippen molar-refractivity contribution in [3.8, 4) is 0 Å². The van der Waals surface area contributed by atoms with Crippen molar-refractivity contribution in [3.63, 3.8) is 0 Å². The molecule has 1 aliphatic rings. The van der Waals surface area contributed by atoms with Crippen LogP contribution in [0.25, 0.3) is 5.70 Å². The van der Waals surface area contributed by atoms with Crippen molar-refractivity contribution in [2.24, 2.45) is 0 Å². The van der Waals surface area contributed by atoms with E-state index in [-0.39, 0.29) is 5.78 Å². The van der Waals surface area contributed by atoms with Crippen LogP contribution in [0.2, 0.25) is 0 Å². The minimum atomic E-state index is 0.259. The number of Topliss-reactive ketones (excluding diaryl/α,β-unsaturated/α-hetero) is 1. The second-order valence-electron chi connectivity index (χ2n) is 4.32. The van der Waals surface area contributed by atoms with Gasteiger partial charge in [0.25, 0.3) is 0 Å². The van der Waals surface area contributed by atoms with E-state index in [0.29, 0.717) is 6.42 Å². The van der Waals surface area contributed by atoms with Crippen LogP contribution < -0.4 is 0 Å². The molecule has 0 amide bonds. The average molecular weight is 217 g/mol. The van der Waals surface area contributed by atoms with Gasteiger partial charge in [0, 0.05) is 30.1 Å². The summed E-state index contributed by atoms with van der Waals surface area (Å²) in [5, 5.41) is 0. The van der Waals surface area contributed by atoms with E-state index in [1.54, 1.807) is 0 Å². The predicted octanol–water partition coefficient (Wildman–Crippen LogP) is 3.67. The number of allylic oxidation sites excluding steroid dienone is 2. The molecule has 0 radical (unpaired) electrons. The van der Waals surface area contributed by atoms with Crippen molar-refractivity contribution < 1.29 is 4.79 Å². The van der Waals surface area contributed by atoms with E-state index in [4.69, 9.17) is 0 Å². The lowest BCUT2D eigenvalue weighted by Gasteiger charge is -2.01. The molecular weight excluding hydrogens is 198 g/mol. The molecule has 2 heteroatoms. The fourth-order valence-electron chi connectivity index (χ4n) is 2.27. The normalized spacial score (nSPS) is 15.2. The first-order valence-electron chi connectivity index (χ1n) is 6.19. The van der Waals surface area contributed by atoms with Crippen LogP contribution in [0.5, 0.6) is 0 Å². The third-order valence-corrected chi connectivity index (χ3v) is 3.26. The summed E-state index contributed by atoms with van der Waals surface area (Å²) in [4.78, 5) is 11.8. The van der Waals surface area contributed by atoms with E-state index in [1.807, 2.05) is 13.1 Å². The molecular formula is C14H19NO. The molecule has 1 heterocycles. The summed E-state index contributed by atoms with van der Waals surface area (Å²) in [7, 11) is 0. The highest BCUT2D eigenvalue weighted by Gasteiger charge is 2.14. The second-order valence-corrected chi connectivity index (χ2v) is 4.32. The first kappa shape index (κ1) is 11.2. The molecule has 0 unspecified atom stereocenters. The maximum atomic E-state index is 11.8. The van der Waals surface area contributed by atoms with E-state index >= 15 is 0 Å². The lowest BCUT2D eigenvalue weighted by Crippen LogP contribution is -1.98. The predicted molar refractivity (Wildman–Crippen MR) is 66.6 cm³/mol. The molecule has 0 saturated carbocycles. The van der Waals surface area contributed by atoms with Crippen LogP contribution in [0, 0.1) is 0 Å². The zero-order valence-electron chi connectivity index (χ0n) is 10.1. The molecule has 16 heavy (non-hydrogen) atoms. The molecule has 86 valence electrons. The number of rotatable bonds is 4. The number of aromatic nitrogens is 1. The van der Waals surface area contributed by atoms with Crippen LogP contribution in [0.15, 0.2) is 18.5 Å². The summed E-state index contributed by atoms with van der Waals surface area (Å²) in [6.45, 7) is 4.03. The number of ketones is 1. The van der Waals surface area contributed by atoms with E-state index in [2.05, 4.69) is 23.8 Å². The molecule has 0 N–H and O–H groups in total. The van der Waals surface area contributed by atoms with E-state index in [0.717, 1.165) is 18.4 Å². The lowest BCUT2D eigenvalue weighted by atomic mass is 10.1. The fraction of sp³-hybridized carbons (Fsp3) is 0.500. The Morgan fingerprint density at radius 3 is 2.75 bits per heavy atom. The maximum Gasteiger partial charge on any atom is 0.164 e. The van der Waals surface area contributed by atoms with Crippen molar-refractivity contribution in [1.82, 2.24) is 4.57 Å². The quantitative estimate of drug-likeness (QED) is 0.705. The molecule has 0 spiro atoms. The smallest absolute Gasteiger partial charge is 0.164 e. The second kappa shape index (κ2) is 4.69. The van der Waals surface area contributed by atoms with Crippen LogP contribution in [0.1, 0.15) is 55.5 Å². The van der Waals surface area contributed by atoms with Crippen LogP contribution in [0.3, 0.4) is 0 Å². The Bertz CT molecular complexity index is 426. The molecule has 0 fully saturated rings. The molecule has 1 aliphatic carbocycles. The molecule has 2 rings (SSSR count). The zero-order chi connectivity index (χ0) is 11.5. The Hall–Kier alpha value is -1.31. The van der Waals surface area contributed by atoms with Gasteiger partial charge in [-0.1, -0.05) is 19.9 Å². The Labute approximate surface area is 97.0 Å². The first-order chi connectivity index (χ1) is 7.76. The molecule has 1 aromatic heterocycles. The van der Waals surface area contributed by atoms with Crippen LogP contribution in [-0.2, 0) is 6.42 Å². The number of hydrogen-bond acceptors (Lipinski definition) is 1. The number of hydrogen-bond donors (Lipinski definition) is 0. The van der Waals surface area contributed by atoms with E-state index in [1.165, 1.54) is 24.1 Å². The van der Waals surface area contributed by atoms with E-state index < -0.39 is 0 Å². The SMILES string of the molecule is CCC(=O)c1cn(C2=CCCC2)cc1CC. The van der Waals surface area contributed by atoms with Gasteiger partial charge in [0.05, 0.1) is 0 Å². The topological polar surface area (TPSA) is 22.0 Å². The summed E-state index contributed by atoms with van der Waals surface area (Å²) < 4.78 is 2.15. The summed E-state index contributed by atoms with van der Waals surface area (Å²) in [6, 6.07) is 0.